The fourth-order valence-corrected chi connectivity index (χ4v) is 4.32. The van der Waals surface area contributed by atoms with Crippen molar-refractivity contribution in [1.29, 1.82) is 0 Å². The minimum absolute atomic E-state index is 0.0459. The number of hydrogen-bond donors (Lipinski definition) is 1. The lowest BCUT2D eigenvalue weighted by molar-refractivity contribution is 0.0952. The lowest BCUT2D eigenvalue weighted by atomic mass is 10.1. The third-order valence-electron chi connectivity index (χ3n) is 4.21. The number of carbonyl (C=O) groups is 1. The smallest absolute Gasteiger partial charge is 0.251 e. The van der Waals surface area contributed by atoms with Crippen molar-refractivity contribution in [2.75, 3.05) is 6.54 Å². The van der Waals surface area contributed by atoms with Gasteiger partial charge in [-0.05, 0) is 55.0 Å². The van der Waals surface area contributed by atoms with Crippen LogP contribution >= 0.6 is 0 Å². The molecule has 3 rings (SSSR count). The fourth-order valence-electron chi connectivity index (χ4n) is 2.73. The van der Waals surface area contributed by atoms with E-state index in [9.17, 15) is 17.6 Å². The largest absolute Gasteiger partial charge is 0.468 e. The highest BCUT2D eigenvalue weighted by Gasteiger charge is 2.32. The van der Waals surface area contributed by atoms with Gasteiger partial charge in [0.15, 0.2) is 9.84 Å². The summed E-state index contributed by atoms with van der Waals surface area (Å²) in [6.07, 6.45) is 1.37. The molecular formula is C20H18FNO4S. The fraction of sp³-hybridized carbons (Fsp3) is 0.150. The molecule has 0 saturated heterocycles. The molecule has 140 valence electrons. The van der Waals surface area contributed by atoms with E-state index in [1.165, 1.54) is 24.5 Å². The molecule has 0 bridgehead atoms. The van der Waals surface area contributed by atoms with Gasteiger partial charge in [-0.1, -0.05) is 18.2 Å². The van der Waals surface area contributed by atoms with Crippen LogP contribution < -0.4 is 5.32 Å². The highest BCUT2D eigenvalue weighted by atomic mass is 32.2. The van der Waals surface area contributed by atoms with Crippen LogP contribution in [0.1, 0.15) is 26.9 Å². The molecule has 0 aliphatic carbocycles. The number of halogens is 1. The Morgan fingerprint density at radius 2 is 1.78 bits per heavy atom. The number of hydrogen-bond acceptors (Lipinski definition) is 4. The molecule has 1 heterocycles. The van der Waals surface area contributed by atoms with Crippen molar-refractivity contribution < 1.29 is 22.0 Å². The molecule has 2 aromatic carbocycles. The lowest BCUT2D eigenvalue weighted by Gasteiger charge is -2.17. The van der Waals surface area contributed by atoms with Gasteiger partial charge in [0.25, 0.3) is 5.91 Å². The SMILES string of the molecule is Cc1ccccc1C(=O)NCC(c1ccco1)S(=O)(=O)c1ccc(F)cc1. The van der Waals surface area contributed by atoms with Crippen LogP contribution in [0.3, 0.4) is 0 Å². The van der Waals surface area contributed by atoms with Gasteiger partial charge in [0.2, 0.25) is 0 Å². The number of rotatable bonds is 6. The number of aryl methyl sites for hydroxylation is 1. The Hall–Kier alpha value is -2.93. The van der Waals surface area contributed by atoms with Crippen LogP contribution in [0.25, 0.3) is 0 Å². The molecule has 1 unspecified atom stereocenters. The predicted octanol–water partition coefficient (Wildman–Crippen LogP) is 3.67. The number of carbonyl (C=O) groups excluding carboxylic acids is 1. The third kappa shape index (κ3) is 4.09. The first-order valence-electron chi connectivity index (χ1n) is 8.26. The molecule has 0 aliphatic rings. The topological polar surface area (TPSA) is 76.4 Å². The summed E-state index contributed by atoms with van der Waals surface area (Å²) < 4.78 is 44.5. The Balaban J connectivity index is 1.88. The quantitative estimate of drug-likeness (QED) is 0.655. The summed E-state index contributed by atoms with van der Waals surface area (Å²) in [5.41, 5.74) is 1.25. The maximum absolute atomic E-state index is 13.2. The zero-order valence-corrected chi connectivity index (χ0v) is 15.4. The van der Waals surface area contributed by atoms with Crippen molar-refractivity contribution in [2.45, 2.75) is 17.1 Å². The van der Waals surface area contributed by atoms with Crippen LogP contribution in [-0.2, 0) is 9.84 Å². The Morgan fingerprint density at radius 1 is 1.07 bits per heavy atom. The maximum Gasteiger partial charge on any atom is 0.251 e. The van der Waals surface area contributed by atoms with Crippen molar-refractivity contribution in [3.8, 4) is 0 Å². The summed E-state index contributed by atoms with van der Waals surface area (Å²) in [6.45, 7) is 1.62. The van der Waals surface area contributed by atoms with Crippen molar-refractivity contribution >= 4 is 15.7 Å². The van der Waals surface area contributed by atoms with Gasteiger partial charge in [0, 0.05) is 12.1 Å². The van der Waals surface area contributed by atoms with Gasteiger partial charge < -0.3 is 9.73 Å². The molecule has 0 radical (unpaired) electrons. The monoisotopic (exact) mass is 387 g/mol. The van der Waals surface area contributed by atoms with Gasteiger partial charge in [0.05, 0.1) is 11.2 Å². The summed E-state index contributed by atoms with van der Waals surface area (Å²) in [5.74, 6) is -0.709. The van der Waals surface area contributed by atoms with Gasteiger partial charge in [-0.3, -0.25) is 4.79 Å². The molecular weight excluding hydrogens is 369 g/mol. The van der Waals surface area contributed by atoms with Crippen LogP contribution in [0.15, 0.2) is 76.2 Å². The molecule has 0 fully saturated rings. The number of furan rings is 1. The van der Waals surface area contributed by atoms with Crippen LogP contribution in [0.2, 0.25) is 0 Å². The van der Waals surface area contributed by atoms with Crippen molar-refractivity contribution in [3.63, 3.8) is 0 Å². The van der Waals surface area contributed by atoms with E-state index in [1.807, 2.05) is 6.07 Å². The molecule has 5 nitrogen and oxygen atoms in total. The van der Waals surface area contributed by atoms with Crippen molar-refractivity contribution in [3.05, 3.63) is 89.6 Å². The van der Waals surface area contributed by atoms with Gasteiger partial charge in [-0.25, -0.2) is 12.8 Å². The summed E-state index contributed by atoms with van der Waals surface area (Å²) in [6, 6.07) is 14.7. The Kier molecular flexibility index (Phi) is 5.41. The minimum Gasteiger partial charge on any atom is -0.468 e. The second-order valence-electron chi connectivity index (χ2n) is 6.03. The van der Waals surface area contributed by atoms with E-state index < -0.39 is 20.9 Å². The average Bonchev–Trinajstić information content (AvgIpc) is 3.16. The van der Waals surface area contributed by atoms with E-state index in [1.54, 1.807) is 31.2 Å². The summed E-state index contributed by atoms with van der Waals surface area (Å²) in [7, 11) is -3.90. The summed E-state index contributed by atoms with van der Waals surface area (Å²) in [4.78, 5) is 12.4. The first kappa shape index (κ1) is 18.8. The van der Waals surface area contributed by atoms with E-state index in [0.29, 0.717) is 5.56 Å². The first-order chi connectivity index (χ1) is 12.9. The molecule has 27 heavy (non-hydrogen) atoms. The Labute approximate surface area is 156 Å². The van der Waals surface area contributed by atoms with E-state index in [-0.39, 0.29) is 23.1 Å². The molecule has 0 spiro atoms. The van der Waals surface area contributed by atoms with Crippen molar-refractivity contribution in [2.24, 2.45) is 0 Å². The van der Waals surface area contributed by atoms with Crippen LogP contribution in [0.5, 0.6) is 0 Å². The molecule has 1 N–H and O–H groups in total. The zero-order chi connectivity index (χ0) is 19.4. The van der Waals surface area contributed by atoms with Gasteiger partial charge >= 0.3 is 0 Å². The number of amides is 1. The Morgan fingerprint density at radius 3 is 2.41 bits per heavy atom. The van der Waals surface area contributed by atoms with Gasteiger partial charge in [-0.2, -0.15) is 0 Å². The summed E-state index contributed by atoms with van der Waals surface area (Å²) in [5, 5.41) is 1.53. The first-order valence-corrected chi connectivity index (χ1v) is 9.81. The van der Waals surface area contributed by atoms with E-state index in [2.05, 4.69) is 5.32 Å². The second kappa shape index (κ2) is 7.75. The number of nitrogens with one attached hydrogen (secondary N) is 1. The standard InChI is InChI=1S/C20H18FNO4S/c1-14-5-2-3-6-17(14)20(23)22-13-19(18-7-4-12-26-18)27(24,25)16-10-8-15(21)9-11-16/h2-12,19H,13H2,1H3,(H,22,23). The van der Waals surface area contributed by atoms with E-state index >= 15 is 0 Å². The van der Waals surface area contributed by atoms with Gasteiger partial charge in [-0.15, -0.1) is 0 Å². The molecule has 0 saturated carbocycles. The second-order valence-corrected chi connectivity index (χ2v) is 8.16. The molecule has 7 heteroatoms. The molecule has 1 atom stereocenters. The normalized spacial score (nSPS) is 12.5. The van der Waals surface area contributed by atoms with E-state index in [0.717, 1.165) is 17.7 Å². The van der Waals surface area contributed by atoms with Gasteiger partial charge in [0.1, 0.15) is 16.8 Å². The molecule has 1 amide bonds. The minimum atomic E-state index is -3.90. The summed E-state index contributed by atoms with van der Waals surface area (Å²) >= 11 is 0. The van der Waals surface area contributed by atoms with Crippen LogP contribution in [0, 0.1) is 12.7 Å². The predicted molar refractivity (Wildman–Crippen MR) is 98.5 cm³/mol. The maximum atomic E-state index is 13.2. The number of benzene rings is 2. The highest BCUT2D eigenvalue weighted by molar-refractivity contribution is 7.91. The molecule has 3 aromatic rings. The zero-order valence-electron chi connectivity index (χ0n) is 14.6. The Bertz CT molecular complexity index is 1030. The molecule has 1 aromatic heterocycles. The van der Waals surface area contributed by atoms with Crippen LogP contribution in [0.4, 0.5) is 4.39 Å². The van der Waals surface area contributed by atoms with Crippen molar-refractivity contribution in [1.82, 2.24) is 5.32 Å². The van der Waals surface area contributed by atoms with E-state index in [4.69, 9.17) is 4.42 Å². The lowest BCUT2D eigenvalue weighted by Crippen LogP contribution is -2.32. The highest BCUT2D eigenvalue weighted by Crippen LogP contribution is 2.29. The van der Waals surface area contributed by atoms with Crippen LogP contribution in [-0.4, -0.2) is 20.9 Å². The average molecular weight is 387 g/mol. The third-order valence-corrected chi connectivity index (χ3v) is 6.29. The number of sulfone groups is 1. The molecule has 0 aliphatic heterocycles.